The summed E-state index contributed by atoms with van der Waals surface area (Å²) in [6, 6.07) is 16.0. The fraction of sp³-hybridized carbons (Fsp3) is 0.360. The first-order valence-electron chi connectivity index (χ1n) is 10.7. The Kier molecular flexibility index (Phi) is 5.73. The molecule has 1 N–H and O–H groups in total. The molecule has 1 aliphatic heterocycles. The topological polar surface area (TPSA) is 48.5 Å². The molecule has 156 valence electrons. The molecule has 3 aromatic rings. The van der Waals surface area contributed by atoms with Crippen molar-refractivity contribution in [2.24, 2.45) is 0 Å². The van der Waals surface area contributed by atoms with Gasteiger partial charge in [-0.05, 0) is 55.8 Å². The van der Waals surface area contributed by atoms with Gasteiger partial charge in [-0.1, -0.05) is 32.0 Å². The van der Waals surface area contributed by atoms with Crippen molar-refractivity contribution in [1.29, 1.82) is 0 Å². The highest BCUT2D eigenvalue weighted by atomic mass is 16.1. The van der Waals surface area contributed by atoms with Crippen molar-refractivity contribution >= 4 is 28.2 Å². The number of nitrogens with zero attached hydrogens (tertiary/aromatic N) is 3. The zero-order valence-electron chi connectivity index (χ0n) is 18.3. The van der Waals surface area contributed by atoms with Crippen LogP contribution in [0, 0.1) is 6.92 Å². The Morgan fingerprint density at radius 3 is 2.47 bits per heavy atom. The van der Waals surface area contributed by atoms with Gasteiger partial charge in [0.1, 0.15) is 0 Å². The summed E-state index contributed by atoms with van der Waals surface area (Å²) >= 11 is 0. The lowest BCUT2D eigenvalue weighted by Crippen LogP contribution is -2.44. The molecule has 0 atom stereocenters. The number of aryl methyl sites for hydroxylation is 1. The molecule has 4 rings (SSSR count). The first-order valence-corrected chi connectivity index (χ1v) is 10.7. The molecule has 5 heteroatoms. The number of aromatic nitrogens is 1. The van der Waals surface area contributed by atoms with Gasteiger partial charge in [-0.3, -0.25) is 9.78 Å². The van der Waals surface area contributed by atoms with Gasteiger partial charge in [0, 0.05) is 48.6 Å². The highest BCUT2D eigenvalue weighted by Crippen LogP contribution is 2.27. The van der Waals surface area contributed by atoms with Gasteiger partial charge in [0.2, 0.25) is 0 Å². The standard InChI is InChI=1S/C25H30N4O/c1-17(2)23-16-21(20-7-5-6-8-22(20)27-23)25(30)26-19-9-10-24(18(3)15-19)29-13-11-28(4)12-14-29/h5-10,15-17H,11-14H2,1-4H3,(H,26,30). The summed E-state index contributed by atoms with van der Waals surface area (Å²) in [5.41, 5.74) is 5.71. The normalized spacial score (nSPS) is 15.0. The van der Waals surface area contributed by atoms with Crippen molar-refractivity contribution in [1.82, 2.24) is 9.88 Å². The predicted octanol–water partition coefficient (Wildman–Crippen LogP) is 4.67. The number of rotatable bonds is 4. The van der Waals surface area contributed by atoms with Crippen molar-refractivity contribution in [2.75, 3.05) is 43.4 Å². The van der Waals surface area contributed by atoms with E-state index in [-0.39, 0.29) is 11.8 Å². The molecule has 1 fully saturated rings. The van der Waals surface area contributed by atoms with E-state index in [1.807, 2.05) is 36.4 Å². The van der Waals surface area contributed by atoms with Crippen LogP contribution >= 0.6 is 0 Å². The number of amides is 1. The van der Waals surface area contributed by atoms with Crippen molar-refractivity contribution < 1.29 is 4.79 Å². The third kappa shape index (κ3) is 4.17. The predicted molar refractivity (Wildman–Crippen MR) is 125 cm³/mol. The number of carbonyl (C=O) groups excluding carboxylic acids is 1. The lowest BCUT2D eigenvalue weighted by molar-refractivity contribution is 0.102. The number of benzene rings is 2. The van der Waals surface area contributed by atoms with Crippen LogP contribution in [-0.2, 0) is 0 Å². The zero-order valence-corrected chi connectivity index (χ0v) is 18.3. The highest BCUT2D eigenvalue weighted by molar-refractivity contribution is 6.12. The van der Waals surface area contributed by atoms with Crippen LogP contribution < -0.4 is 10.2 Å². The molecule has 0 unspecified atom stereocenters. The summed E-state index contributed by atoms with van der Waals surface area (Å²) in [6.07, 6.45) is 0. The Labute approximate surface area is 178 Å². The number of piperazine rings is 1. The summed E-state index contributed by atoms with van der Waals surface area (Å²) in [7, 11) is 2.16. The average molecular weight is 403 g/mol. The molecule has 2 heterocycles. The second kappa shape index (κ2) is 8.44. The quantitative estimate of drug-likeness (QED) is 0.689. The Bertz CT molecular complexity index is 1070. The van der Waals surface area contributed by atoms with Crippen molar-refractivity contribution in [3.05, 3.63) is 65.4 Å². The van der Waals surface area contributed by atoms with Crippen LogP contribution in [0.5, 0.6) is 0 Å². The number of nitrogens with one attached hydrogen (secondary N) is 1. The van der Waals surface area contributed by atoms with Gasteiger partial charge in [-0.2, -0.15) is 0 Å². The largest absolute Gasteiger partial charge is 0.369 e. The van der Waals surface area contributed by atoms with Crippen LogP contribution in [0.2, 0.25) is 0 Å². The molecule has 0 aliphatic carbocycles. The maximum atomic E-state index is 13.2. The number of fused-ring (bicyclic) bond motifs is 1. The highest BCUT2D eigenvalue weighted by Gasteiger charge is 2.18. The molecule has 0 radical (unpaired) electrons. The number of para-hydroxylation sites is 1. The number of pyridine rings is 1. The molecule has 5 nitrogen and oxygen atoms in total. The number of carbonyl (C=O) groups is 1. The number of hydrogen-bond acceptors (Lipinski definition) is 4. The molecule has 1 amide bonds. The molecule has 0 saturated carbocycles. The molecule has 2 aromatic carbocycles. The molecule has 0 spiro atoms. The van der Waals surface area contributed by atoms with Crippen molar-refractivity contribution in [3.63, 3.8) is 0 Å². The van der Waals surface area contributed by atoms with Crippen LogP contribution in [0.3, 0.4) is 0 Å². The molecule has 1 saturated heterocycles. The third-order valence-electron chi connectivity index (χ3n) is 5.87. The van der Waals surface area contributed by atoms with Gasteiger partial charge in [-0.15, -0.1) is 0 Å². The van der Waals surface area contributed by atoms with E-state index < -0.39 is 0 Å². The summed E-state index contributed by atoms with van der Waals surface area (Å²) < 4.78 is 0. The maximum Gasteiger partial charge on any atom is 0.256 e. The molecule has 0 bridgehead atoms. The maximum absolute atomic E-state index is 13.2. The van der Waals surface area contributed by atoms with E-state index in [1.165, 1.54) is 11.3 Å². The molecule has 1 aliphatic rings. The van der Waals surface area contributed by atoms with E-state index in [0.29, 0.717) is 5.56 Å². The Balaban J connectivity index is 1.59. The number of hydrogen-bond donors (Lipinski definition) is 1. The van der Waals surface area contributed by atoms with Gasteiger partial charge < -0.3 is 15.1 Å². The third-order valence-corrected chi connectivity index (χ3v) is 5.87. The van der Waals surface area contributed by atoms with E-state index in [2.05, 4.69) is 55.1 Å². The SMILES string of the molecule is Cc1cc(NC(=O)c2cc(C(C)C)nc3ccccc23)ccc1N1CCN(C)CC1. The summed E-state index contributed by atoms with van der Waals surface area (Å²) in [5.74, 6) is 0.161. The van der Waals surface area contributed by atoms with E-state index in [9.17, 15) is 4.79 Å². The van der Waals surface area contributed by atoms with Gasteiger partial charge in [0.15, 0.2) is 0 Å². The first kappa shape index (κ1) is 20.4. The summed E-state index contributed by atoms with van der Waals surface area (Å²) in [5, 5.41) is 3.98. The van der Waals surface area contributed by atoms with Gasteiger partial charge in [0.25, 0.3) is 5.91 Å². The van der Waals surface area contributed by atoms with Crippen molar-refractivity contribution in [3.8, 4) is 0 Å². The smallest absolute Gasteiger partial charge is 0.256 e. The Morgan fingerprint density at radius 2 is 1.77 bits per heavy atom. The van der Waals surface area contributed by atoms with E-state index >= 15 is 0 Å². The monoisotopic (exact) mass is 402 g/mol. The van der Waals surface area contributed by atoms with E-state index in [1.54, 1.807) is 0 Å². The fourth-order valence-electron chi connectivity index (χ4n) is 4.01. The van der Waals surface area contributed by atoms with Crippen molar-refractivity contribution in [2.45, 2.75) is 26.7 Å². The average Bonchev–Trinajstić information content (AvgIpc) is 2.74. The lowest BCUT2D eigenvalue weighted by atomic mass is 10.0. The number of anilines is 2. The number of likely N-dealkylation sites (N-methyl/N-ethyl adjacent to an activating group) is 1. The molecule has 1 aromatic heterocycles. The zero-order chi connectivity index (χ0) is 21.3. The van der Waals surface area contributed by atoms with E-state index in [4.69, 9.17) is 4.98 Å². The minimum Gasteiger partial charge on any atom is -0.369 e. The van der Waals surface area contributed by atoms with Crippen LogP contribution in [-0.4, -0.2) is 49.0 Å². The second-order valence-electron chi connectivity index (χ2n) is 8.51. The second-order valence-corrected chi connectivity index (χ2v) is 8.51. The first-order chi connectivity index (χ1) is 14.4. The lowest BCUT2D eigenvalue weighted by Gasteiger charge is -2.35. The van der Waals surface area contributed by atoms with Crippen LogP contribution in [0.4, 0.5) is 11.4 Å². The van der Waals surface area contributed by atoms with Crippen LogP contribution in [0.1, 0.15) is 41.4 Å². The summed E-state index contributed by atoms with van der Waals surface area (Å²) in [4.78, 5) is 22.7. The van der Waals surface area contributed by atoms with Gasteiger partial charge >= 0.3 is 0 Å². The van der Waals surface area contributed by atoms with Crippen LogP contribution in [0.15, 0.2) is 48.5 Å². The van der Waals surface area contributed by atoms with Gasteiger partial charge in [0.05, 0.1) is 11.1 Å². The van der Waals surface area contributed by atoms with E-state index in [0.717, 1.165) is 48.5 Å². The summed E-state index contributed by atoms with van der Waals surface area (Å²) in [6.45, 7) is 10.5. The Morgan fingerprint density at radius 1 is 1.03 bits per heavy atom. The minimum atomic E-state index is -0.0951. The minimum absolute atomic E-state index is 0.0951. The van der Waals surface area contributed by atoms with Crippen LogP contribution in [0.25, 0.3) is 10.9 Å². The fourth-order valence-corrected chi connectivity index (χ4v) is 4.01. The molecular weight excluding hydrogens is 372 g/mol. The molecule has 30 heavy (non-hydrogen) atoms. The Hall–Kier alpha value is -2.92. The van der Waals surface area contributed by atoms with Gasteiger partial charge in [-0.25, -0.2) is 0 Å². The molecular formula is C25H30N4O.